The van der Waals surface area contributed by atoms with Crippen molar-refractivity contribution < 1.29 is 8.42 Å². The van der Waals surface area contributed by atoms with Gasteiger partial charge in [0, 0.05) is 31.7 Å². The molecule has 1 saturated carbocycles. The maximum absolute atomic E-state index is 13.2. The van der Waals surface area contributed by atoms with Crippen molar-refractivity contribution >= 4 is 10.2 Å². The minimum Gasteiger partial charge on any atom is -0.329 e. The molecular formula is C15H29N3O2S. The summed E-state index contributed by atoms with van der Waals surface area (Å²) in [7, 11) is -3.33. The molecule has 2 saturated heterocycles. The number of hydrogen-bond donors (Lipinski definition) is 1. The third-order valence-electron chi connectivity index (χ3n) is 5.63. The zero-order valence-electron chi connectivity index (χ0n) is 12.9. The van der Waals surface area contributed by atoms with Gasteiger partial charge in [0.2, 0.25) is 0 Å². The first-order valence-corrected chi connectivity index (χ1v) is 10.0. The third kappa shape index (κ3) is 3.00. The molecule has 0 bridgehead atoms. The molecule has 21 heavy (non-hydrogen) atoms. The van der Waals surface area contributed by atoms with Gasteiger partial charge in [-0.1, -0.05) is 19.3 Å². The van der Waals surface area contributed by atoms with Crippen LogP contribution in [0.4, 0.5) is 0 Å². The van der Waals surface area contributed by atoms with E-state index >= 15 is 0 Å². The number of piperidine rings is 2. The molecule has 2 N–H and O–H groups in total. The molecule has 3 rings (SSSR count). The van der Waals surface area contributed by atoms with Gasteiger partial charge in [-0.15, -0.1) is 0 Å². The van der Waals surface area contributed by atoms with E-state index < -0.39 is 10.2 Å². The molecule has 6 heteroatoms. The van der Waals surface area contributed by atoms with Crippen molar-refractivity contribution in [2.45, 2.75) is 69.9 Å². The second-order valence-electron chi connectivity index (χ2n) is 6.87. The Bertz CT molecular complexity index is 452. The average molecular weight is 315 g/mol. The van der Waals surface area contributed by atoms with E-state index in [1.54, 1.807) is 4.31 Å². The van der Waals surface area contributed by atoms with Gasteiger partial charge in [0.15, 0.2) is 0 Å². The first-order chi connectivity index (χ1) is 10.1. The van der Waals surface area contributed by atoms with E-state index in [4.69, 9.17) is 5.73 Å². The third-order valence-corrected chi connectivity index (χ3v) is 7.75. The van der Waals surface area contributed by atoms with Gasteiger partial charge in [0.1, 0.15) is 0 Å². The highest BCUT2D eigenvalue weighted by molar-refractivity contribution is 7.86. The molecule has 122 valence electrons. The number of fused-ring (bicyclic) bond motifs is 1. The molecular weight excluding hydrogens is 286 g/mol. The summed E-state index contributed by atoms with van der Waals surface area (Å²) in [5.74, 6) is 0.586. The molecule has 5 nitrogen and oxygen atoms in total. The molecule has 0 aromatic rings. The Balaban J connectivity index is 1.82. The van der Waals surface area contributed by atoms with E-state index in [0.717, 1.165) is 32.1 Å². The molecule has 3 atom stereocenters. The zero-order valence-corrected chi connectivity index (χ0v) is 13.7. The first-order valence-electron chi connectivity index (χ1n) is 8.63. The van der Waals surface area contributed by atoms with Crippen LogP contribution in [-0.4, -0.2) is 48.7 Å². The number of hydrogen-bond acceptors (Lipinski definition) is 3. The fourth-order valence-corrected chi connectivity index (χ4v) is 6.69. The number of rotatable bonds is 3. The summed E-state index contributed by atoms with van der Waals surface area (Å²) in [5, 5.41) is 0. The minimum atomic E-state index is -3.33. The lowest BCUT2D eigenvalue weighted by Gasteiger charge is -2.46. The smallest absolute Gasteiger partial charge is 0.282 e. The van der Waals surface area contributed by atoms with Gasteiger partial charge in [-0.25, -0.2) is 0 Å². The van der Waals surface area contributed by atoms with Crippen LogP contribution in [0.3, 0.4) is 0 Å². The van der Waals surface area contributed by atoms with Crippen molar-refractivity contribution in [3.8, 4) is 0 Å². The second-order valence-corrected chi connectivity index (χ2v) is 8.70. The fraction of sp³-hybridized carbons (Fsp3) is 1.00. The van der Waals surface area contributed by atoms with Crippen LogP contribution < -0.4 is 5.73 Å². The van der Waals surface area contributed by atoms with Crippen molar-refractivity contribution in [1.29, 1.82) is 0 Å². The summed E-state index contributed by atoms with van der Waals surface area (Å²) in [4.78, 5) is 0. The van der Waals surface area contributed by atoms with Gasteiger partial charge in [-0.2, -0.15) is 17.0 Å². The second kappa shape index (κ2) is 6.52. The van der Waals surface area contributed by atoms with Crippen molar-refractivity contribution in [1.82, 2.24) is 8.61 Å². The first kappa shape index (κ1) is 15.7. The van der Waals surface area contributed by atoms with Crippen LogP contribution in [0.1, 0.15) is 57.8 Å². The Morgan fingerprint density at radius 2 is 1.52 bits per heavy atom. The number of nitrogens with two attached hydrogens (primary N) is 1. The van der Waals surface area contributed by atoms with Crippen molar-refractivity contribution in [2.75, 3.05) is 19.6 Å². The van der Waals surface area contributed by atoms with Crippen molar-refractivity contribution in [2.24, 2.45) is 11.7 Å². The largest absolute Gasteiger partial charge is 0.329 e. The predicted octanol–water partition coefficient (Wildman–Crippen LogP) is 1.70. The van der Waals surface area contributed by atoms with Crippen LogP contribution in [0, 0.1) is 5.92 Å². The Morgan fingerprint density at radius 3 is 2.33 bits per heavy atom. The normalized spacial score (nSPS) is 36.3. The lowest BCUT2D eigenvalue weighted by atomic mass is 9.79. The van der Waals surface area contributed by atoms with Crippen molar-refractivity contribution in [3.63, 3.8) is 0 Å². The highest BCUT2D eigenvalue weighted by Gasteiger charge is 2.43. The Morgan fingerprint density at radius 1 is 0.857 bits per heavy atom. The number of nitrogens with zero attached hydrogens (tertiary/aromatic N) is 2. The predicted molar refractivity (Wildman–Crippen MR) is 84.0 cm³/mol. The molecule has 1 aliphatic carbocycles. The standard InChI is InChI=1S/C15H29N3O2S/c16-12-14-8-3-4-10-17(14)21(19,20)18-11-5-7-13-6-1-2-9-15(13)18/h13-15H,1-12,16H2/t13-,14?,15-/m1/s1. The summed E-state index contributed by atoms with van der Waals surface area (Å²) < 4.78 is 29.9. The van der Waals surface area contributed by atoms with Gasteiger partial charge < -0.3 is 5.73 Å². The summed E-state index contributed by atoms with van der Waals surface area (Å²) in [5.41, 5.74) is 5.83. The molecule has 0 aromatic carbocycles. The van der Waals surface area contributed by atoms with Crippen LogP contribution >= 0.6 is 0 Å². The summed E-state index contributed by atoms with van der Waals surface area (Å²) in [6.45, 7) is 1.80. The maximum atomic E-state index is 13.2. The molecule has 0 radical (unpaired) electrons. The van der Waals surface area contributed by atoms with Crippen LogP contribution in [0.25, 0.3) is 0 Å². The summed E-state index contributed by atoms with van der Waals surface area (Å²) in [6.07, 6.45) is 9.90. The van der Waals surface area contributed by atoms with E-state index in [9.17, 15) is 8.42 Å². The Kier molecular flexibility index (Phi) is 4.88. The molecule has 3 fully saturated rings. The summed E-state index contributed by atoms with van der Waals surface area (Å²) in [6, 6.07) is 0.255. The average Bonchev–Trinajstić information content (AvgIpc) is 2.54. The van der Waals surface area contributed by atoms with Gasteiger partial charge in [0.05, 0.1) is 0 Å². The van der Waals surface area contributed by atoms with Crippen LogP contribution in [-0.2, 0) is 10.2 Å². The van der Waals surface area contributed by atoms with Gasteiger partial charge in [-0.05, 0) is 44.4 Å². The van der Waals surface area contributed by atoms with Gasteiger partial charge >= 0.3 is 0 Å². The van der Waals surface area contributed by atoms with E-state index in [-0.39, 0.29) is 12.1 Å². The molecule has 0 spiro atoms. The molecule has 0 amide bonds. The Hall–Kier alpha value is -0.170. The molecule has 1 unspecified atom stereocenters. The molecule has 2 aliphatic heterocycles. The fourth-order valence-electron chi connectivity index (χ4n) is 4.51. The molecule has 3 aliphatic rings. The van der Waals surface area contributed by atoms with Crippen LogP contribution in [0.5, 0.6) is 0 Å². The highest BCUT2D eigenvalue weighted by Crippen LogP contribution is 2.38. The maximum Gasteiger partial charge on any atom is 0.282 e. The quantitative estimate of drug-likeness (QED) is 0.862. The van der Waals surface area contributed by atoms with Crippen LogP contribution in [0.15, 0.2) is 0 Å². The Labute approximate surface area is 129 Å². The zero-order chi connectivity index (χ0) is 14.9. The van der Waals surface area contributed by atoms with Gasteiger partial charge in [-0.3, -0.25) is 0 Å². The molecule has 0 aromatic heterocycles. The minimum absolute atomic E-state index is 0.00715. The molecule has 2 heterocycles. The van der Waals surface area contributed by atoms with Crippen LogP contribution in [0.2, 0.25) is 0 Å². The summed E-state index contributed by atoms with van der Waals surface area (Å²) >= 11 is 0. The van der Waals surface area contributed by atoms with Gasteiger partial charge in [0.25, 0.3) is 10.2 Å². The highest BCUT2D eigenvalue weighted by atomic mass is 32.2. The topological polar surface area (TPSA) is 66.6 Å². The van der Waals surface area contributed by atoms with E-state index in [1.807, 2.05) is 4.31 Å². The van der Waals surface area contributed by atoms with E-state index in [1.165, 1.54) is 25.7 Å². The van der Waals surface area contributed by atoms with E-state index in [0.29, 0.717) is 25.6 Å². The monoisotopic (exact) mass is 315 g/mol. The lowest BCUT2D eigenvalue weighted by Crippen LogP contribution is -2.58. The lowest BCUT2D eigenvalue weighted by molar-refractivity contribution is 0.115. The van der Waals surface area contributed by atoms with Crippen molar-refractivity contribution in [3.05, 3.63) is 0 Å². The SMILES string of the molecule is NCC1CCCCN1S(=O)(=O)N1CCC[C@H]2CCCC[C@H]21. The van der Waals surface area contributed by atoms with E-state index in [2.05, 4.69) is 0 Å².